The zero-order valence-corrected chi connectivity index (χ0v) is 11.2. The van der Waals surface area contributed by atoms with Gasteiger partial charge in [0.25, 0.3) is 5.56 Å². The summed E-state index contributed by atoms with van der Waals surface area (Å²) in [6.07, 6.45) is 1.63. The third kappa shape index (κ3) is 1.90. The van der Waals surface area contributed by atoms with Crippen LogP contribution in [0.2, 0.25) is 4.47 Å². The minimum Gasteiger partial charge on any atom is -0.287 e. The quantitative estimate of drug-likeness (QED) is 0.786. The lowest BCUT2D eigenvalue weighted by Gasteiger charge is -2.04. The molecule has 8 heteroatoms. The number of aromatic nitrogens is 3. The summed E-state index contributed by atoms with van der Waals surface area (Å²) in [6, 6.07) is 1.76. The summed E-state index contributed by atoms with van der Waals surface area (Å²) in [4.78, 5) is 30.5. The number of thiophene rings is 1. The highest BCUT2D eigenvalue weighted by atomic mass is 35.5. The van der Waals surface area contributed by atoms with E-state index in [2.05, 4.69) is 9.97 Å². The molecule has 0 saturated carbocycles. The van der Waals surface area contributed by atoms with Gasteiger partial charge in [-0.05, 0) is 11.4 Å². The molecule has 3 rings (SSSR count). The van der Waals surface area contributed by atoms with Crippen LogP contribution in [-0.4, -0.2) is 14.5 Å². The molecular formula is C10H6ClN3O2S2. The largest absolute Gasteiger partial charge is 0.329 e. The molecule has 0 aliphatic carbocycles. The van der Waals surface area contributed by atoms with Crippen LogP contribution >= 0.6 is 34.3 Å². The van der Waals surface area contributed by atoms with E-state index in [-0.39, 0.29) is 5.56 Å². The number of aromatic amines is 1. The van der Waals surface area contributed by atoms with Gasteiger partial charge in [-0.3, -0.25) is 14.3 Å². The van der Waals surface area contributed by atoms with Crippen molar-refractivity contribution in [2.75, 3.05) is 0 Å². The number of nitrogens with zero attached hydrogens (tertiary/aromatic N) is 2. The second-order valence-electron chi connectivity index (χ2n) is 3.56. The number of H-pyrrole nitrogens is 1. The van der Waals surface area contributed by atoms with Crippen molar-refractivity contribution in [1.29, 1.82) is 0 Å². The number of nitrogens with one attached hydrogen (secondary N) is 1. The molecular weight excluding hydrogens is 294 g/mol. The fourth-order valence-electron chi connectivity index (χ4n) is 1.69. The SMILES string of the molecule is O=c1[nH]c(=O)n(Cc2cnc(Cl)s2)c2ccsc12. The molecule has 0 aliphatic heterocycles. The molecule has 92 valence electrons. The van der Waals surface area contributed by atoms with Gasteiger partial charge in [0.15, 0.2) is 4.47 Å². The third-order valence-corrected chi connectivity index (χ3v) is 4.45. The predicted molar refractivity (Wildman–Crippen MR) is 72.9 cm³/mol. The summed E-state index contributed by atoms with van der Waals surface area (Å²) in [7, 11) is 0. The van der Waals surface area contributed by atoms with Gasteiger partial charge in [0.2, 0.25) is 0 Å². The summed E-state index contributed by atoms with van der Waals surface area (Å²) in [5.74, 6) is 0. The maximum atomic E-state index is 11.8. The van der Waals surface area contributed by atoms with Gasteiger partial charge in [-0.25, -0.2) is 9.78 Å². The Bertz CT molecular complexity index is 829. The average Bonchev–Trinajstić information content (AvgIpc) is 2.93. The van der Waals surface area contributed by atoms with Gasteiger partial charge in [0.1, 0.15) is 4.70 Å². The highest BCUT2D eigenvalue weighted by Crippen LogP contribution is 2.20. The molecule has 3 heterocycles. The number of thiazole rings is 1. The van der Waals surface area contributed by atoms with E-state index in [0.29, 0.717) is 21.2 Å². The van der Waals surface area contributed by atoms with Crippen LogP contribution in [0, 0.1) is 0 Å². The number of halogens is 1. The van der Waals surface area contributed by atoms with E-state index in [1.807, 2.05) is 0 Å². The zero-order valence-electron chi connectivity index (χ0n) is 8.84. The van der Waals surface area contributed by atoms with E-state index < -0.39 is 5.69 Å². The van der Waals surface area contributed by atoms with Crippen molar-refractivity contribution in [2.24, 2.45) is 0 Å². The second kappa shape index (κ2) is 4.34. The van der Waals surface area contributed by atoms with Crippen molar-refractivity contribution in [3.05, 3.63) is 47.8 Å². The minimum atomic E-state index is -0.421. The maximum absolute atomic E-state index is 11.8. The van der Waals surface area contributed by atoms with Gasteiger partial charge in [0.05, 0.1) is 12.1 Å². The highest BCUT2D eigenvalue weighted by molar-refractivity contribution is 7.17. The Balaban J connectivity index is 2.20. The van der Waals surface area contributed by atoms with Crippen LogP contribution in [0.1, 0.15) is 4.88 Å². The predicted octanol–water partition coefficient (Wildman–Crippen LogP) is 1.91. The second-order valence-corrected chi connectivity index (χ2v) is 6.17. The van der Waals surface area contributed by atoms with Gasteiger partial charge in [0, 0.05) is 11.1 Å². The lowest BCUT2D eigenvalue weighted by atomic mass is 10.4. The van der Waals surface area contributed by atoms with Gasteiger partial charge in [-0.2, -0.15) is 0 Å². The first-order valence-electron chi connectivity index (χ1n) is 4.95. The highest BCUT2D eigenvalue weighted by Gasteiger charge is 2.10. The summed E-state index contributed by atoms with van der Waals surface area (Å²) in [5.41, 5.74) is -0.128. The maximum Gasteiger partial charge on any atom is 0.329 e. The molecule has 0 atom stereocenters. The topological polar surface area (TPSA) is 67.8 Å². The number of fused-ring (bicyclic) bond motifs is 1. The van der Waals surface area contributed by atoms with Crippen molar-refractivity contribution in [1.82, 2.24) is 14.5 Å². The van der Waals surface area contributed by atoms with Gasteiger partial charge in [-0.15, -0.1) is 22.7 Å². The van der Waals surface area contributed by atoms with Crippen LogP contribution < -0.4 is 11.2 Å². The summed E-state index contributed by atoms with van der Waals surface area (Å²) in [5, 5.41) is 1.79. The first-order chi connectivity index (χ1) is 8.65. The molecule has 3 aromatic rings. The van der Waals surface area contributed by atoms with Crippen molar-refractivity contribution in [3.8, 4) is 0 Å². The Morgan fingerprint density at radius 3 is 3.00 bits per heavy atom. The Hall–Kier alpha value is -1.44. The van der Waals surface area contributed by atoms with E-state index >= 15 is 0 Å². The Labute approximate surface area is 113 Å². The number of hydrogen-bond donors (Lipinski definition) is 1. The van der Waals surface area contributed by atoms with E-state index in [4.69, 9.17) is 11.6 Å². The van der Waals surface area contributed by atoms with Crippen LogP contribution in [0.15, 0.2) is 27.2 Å². The fourth-order valence-corrected chi connectivity index (χ4v) is 3.44. The van der Waals surface area contributed by atoms with E-state index in [1.54, 1.807) is 17.6 Å². The van der Waals surface area contributed by atoms with Crippen LogP contribution in [0.3, 0.4) is 0 Å². The van der Waals surface area contributed by atoms with Gasteiger partial charge < -0.3 is 0 Å². The van der Waals surface area contributed by atoms with Crippen LogP contribution in [0.5, 0.6) is 0 Å². The van der Waals surface area contributed by atoms with Crippen molar-refractivity contribution in [2.45, 2.75) is 6.54 Å². The average molecular weight is 300 g/mol. The van der Waals surface area contributed by atoms with Crippen molar-refractivity contribution >= 4 is 44.5 Å². The molecule has 5 nitrogen and oxygen atoms in total. The molecule has 0 aromatic carbocycles. The lowest BCUT2D eigenvalue weighted by molar-refractivity contribution is 0.766. The summed E-state index contributed by atoms with van der Waals surface area (Å²) >= 11 is 8.38. The van der Waals surface area contributed by atoms with Gasteiger partial charge >= 0.3 is 5.69 Å². The molecule has 3 aromatic heterocycles. The third-order valence-electron chi connectivity index (χ3n) is 2.45. The van der Waals surface area contributed by atoms with Crippen molar-refractivity contribution < 1.29 is 0 Å². The molecule has 0 unspecified atom stereocenters. The Kier molecular flexibility index (Phi) is 2.81. The molecule has 0 spiro atoms. The molecule has 1 N–H and O–H groups in total. The molecule has 18 heavy (non-hydrogen) atoms. The first-order valence-corrected chi connectivity index (χ1v) is 7.03. The normalized spacial score (nSPS) is 11.2. The van der Waals surface area contributed by atoms with E-state index in [9.17, 15) is 9.59 Å². The number of hydrogen-bond acceptors (Lipinski definition) is 5. The summed E-state index contributed by atoms with van der Waals surface area (Å²) < 4.78 is 2.49. The molecule has 0 radical (unpaired) electrons. The van der Waals surface area contributed by atoms with Gasteiger partial charge in [-0.1, -0.05) is 11.6 Å². The minimum absolute atomic E-state index is 0.344. The van der Waals surface area contributed by atoms with E-state index in [1.165, 1.54) is 27.2 Å². The Morgan fingerprint density at radius 1 is 1.44 bits per heavy atom. The number of rotatable bonds is 2. The monoisotopic (exact) mass is 299 g/mol. The van der Waals surface area contributed by atoms with Crippen molar-refractivity contribution in [3.63, 3.8) is 0 Å². The van der Waals surface area contributed by atoms with Crippen LogP contribution in [0.4, 0.5) is 0 Å². The van der Waals surface area contributed by atoms with E-state index in [0.717, 1.165) is 4.88 Å². The molecule has 0 aliphatic rings. The lowest BCUT2D eigenvalue weighted by Crippen LogP contribution is -2.29. The first kappa shape index (κ1) is 11.6. The van der Waals surface area contributed by atoms with Crippen LogP contribution in [0.25, 0.3) is 10.2 Å². The molecule has 0 fully saturated rings. The smallest absolute Gasteiger partial charge is 0.287 e. The molecule has 0 bridgehead atoms. The zero-order chi connectivity index (χ0) is 12.7. The molecule has 0 amide bonds. The standard InChI is InChI=1S/C10H6ClN3O2S2/c11-9-12-3-5(18-9)4-14-6-1-2-17-7(6)8(15)13-10(14)16/h1-3H,4H2,(H,13,15,16). The fraction of sp³-hybridized carbons (Fsp3) is 0.100. The van der Waals surface area contributed by atoms with Crippen LogP contribution in [-0.2, 0) is 6.54 Å². The molecule has 0 saturated heterocycles. The Morgan fingerprint density at radius 2 is 2.28 bits per heavy atom. The summed E-state index contributed by atoms with van der Waals surface area (Å²) in [6.45, 7) is 0.354.